The number of urea groups is 1. The number of hydrogen-bond acceptors (Lipinski definition) is 3. The van der Waals surface area contributed by atoms with Crippen molar-refractivity contribution in [1.29, 1.82) is 0 Å². The third-order valence-electron chi connectivity index (χ3n) is 4.26. The highest BCUT2D eigenvalue weighted by molar-refractivity contribution is 7.92. The normalized spacial score (nSPS) is 15.8. The van der Waals surface area contributed by atoms with Gasteiger partial charge in [-0.15, -0.1) is 0 Å². The van der Waals surface area contributed by atoms with Crippen LogP contribution in [0.4, 0.5) is 4.79 Å². The van der Waals surface area contributed by atoms with E-state index in [1.165, 1.54) is 12.8 Å². The number of carbonyl (C=O) groups excluding carboxylic acids is 1. The van der Waals surface area contributed by atoms with Gasteiger partial charge in [0.1, 0.15) is 0 Å². The minimum Gasteiger partial charge on any atom is -0.338 e. The maximum Gasteiger partial charge on any atom is 0.315 e. The van der Waals surface area contributed by atoms with E-state index in [9.17, 15) is 13.2 Å². The monoisotopic (exact) mass is 338 g/mol. The highest BCUT2D eigenvalue weighted by Crippen LogP contribution is 2.18. The second kappa shape index (κ2) is 7.81. The lowest BCUT2D eigenvalue weighted by Crippen LogP contribution is -2.41. The summed E-state index contributed by atoms with van der Waals surface area (Å²) >= 11 is 0. The van der Waals surface area contributed by atoms with Gasteiger partial charge in [-0.05, 0) is 50.8 Å². The molecule has 0 bridgehead atoms. The quantitative estimate of drug-likeness (QED) is 0.837. The number of hydrogen-bond donors (Lipinski definition) is 2. The zero-order valence-electron chi connectivity index (χ0n) is 13.8. The number of carbonyl (C=O) groups is 1. The second-order valence-corrected chi connectivity index (χ2v) is 8.87. The lowest BCUT2D eigenvalue weighted by molar-refractivity contribution is 0.237. The van der Waals surface area contributed by atoms with Crippen molar-refractivity contribution in [2.75, 3.05) is 6.54 Å². The van der Waals surface area contributed by atoms with Crippen molar-refractivity contribution < 1.29 is 13.2 Å². The molecular weight excluding hydrogens is 312 g/mol. The summed E-state index contributed by atoms with van der Waals surface area (Å²) in [6.07, 6.45) is 5.20. The number of amides is 2. The Bertz CT molecular complexity index is 618. The van der Waals surface area contributed by atoms with Gasteiger partial charge in [0.15, 0.2) is 9.84 Å². The first-order chi connectivity index (χ1) is 10.9. The summed E-state index contributed by atoms with van der Waals surface area (Å²) in [6, 6.07) is 7.11. The van der Waals surface area contributed by atoms with Gasteiger partial charge in [-0.3, -0.25) is 0 Å². The standard InChI is InChI=1S/C17H26N2O3S/c1-13(2)23(21,22)16-9-7-14(8-10-16)11-12-18-17(20)19-15-5-3-4-6-15/h7-10,13,15H,3-6,11-12H2,1-2H3,(H2,18,19,20). The Morgan fingerprint density at radius 1 is 1.17 bits per heavy atom. The molecule has 1 aromatic carbocycles. The molecule has 6 heteroatoms. The molecule has 1 saturated carbocycles. The van der Waals surface area contributed by atoms with Gasteiger partial charge in [-0.25, -0.2) is 13.2 Å². The van der Waals surface area contributed by atoms with Crippen LogP contribution in [0.3, 0.4) is 0 Å². The third kappa shape index (κ3) is 4.96. The Labute approximate surface area is 138 Å². The lowest BCUT2D eigenvalue weighted by Gasteiger charge is -2.13. The van der Waals surface area contributed by atoms with Crippen LogP contribution >= 0.6 is 0 Å². The molecule has 0 saturated heterocycles. The Balaban J connectivity index is 1.79. The molecule has 1 aliphatic carbocycles. The highest BCUT2D eigenvalue weighted by Gasteiger charge is 2.19. The molecule has 2 amide bonds. The zero-order valence-corrected chi connectivity index (χ0v) is 14.7. The molecule has 0 aromatic heterocycles. The largest absolute Gasteiger partial charge is 0.338 e. The van der Waals surface area contributed by atoms with E-state index in [1.54, 1.807) is 26.0 Å². The van der Waals surface area contributed by atoms with E-state index in [4.69, 9.17) is 0 Å². The first-order valence-corrected chi connectivity index (χ1v) is 9.81. The van der Waals surface area contributed by atoms with E-state index in [1.807, 2.05) is 12.1 Å². The van der Waals surface area contributed by atoms with Crippen molar-refractivity contribution in [3.63, 3.8) is 0 Å². The fourth-order valence-corrected chi connectivity index (χ4v) is 3.80. The van der Waals surface area contributed by atoms with Crippen LogP contribution in [0, 0.1) is 0 Å². The molecule has 0 atom stereocenters. The van der Waals surface area contributed by atoms with Gasteiger partial charge in [-0.2, -0.15) is 0 Å². The smallest absolute Gasteiger partial charge is 0.315 e. The van der Waals surface area contributed by atoms with Crippen LogP contribution in [0.15, 0.2) is 29.2 Å². The molecule has 23 heavy (non-hydrogen) atoms. The fraction of sp³-hybridized carbons (Fsp3) is 0.588. The molecule has 0 aliphatic heterocycles. The van der Waals surface area contributed by atoms with E-state index in [0.29, 0.717) is 23.9 Å². The molecule has 5 nitrogen and oxygen atoms in total. The summed E-state index contributed by atoms with van der Waals surface area (Å²) < 4.78 is 24.1. The second-order valence-electron chi connectivity index (χ2n) is 6.37. The summed E-state index contributed by atoms with van der Waals surface area (Å²) in [7, 11) is -3.22. The van der Waals surface area contributed by atoms with Crippen molar-refractivity contribution in [3.05, 3.63) is 29.8 Å². The van der Waals surface area contributed by atoms with Crippen molar-refractivity contribution in [3.8, 4) is 0 Å². The molecule has 2 N–H and O–H groups in total. The van der Waals surface area contributed by atoms with E-state index < -0.39 is 15.1 Å². The summed E-state index contributed by atoms with van der Waals surface area (Å²) in [6.45, 7) is 3.89. The molecule has 0 unspecified atom stereocenters. The Morgan fingerprint density at radius 3 is 2.35 bits per heavy atom. The number of rotatable bonds is 6. The minimum atomic E-state index is -3.22. The van der Waals surface area contributed by atoms with Gasteiger partial charge in [-0.1, -0.05) is 25.0 Å². The molecule has 1 fully saturated rings. The molecule has 2 rings (SSSR count). The van der Waals surface area contributed by atoms with E-state index in [-0.39, 0.29) is 6.03 Å². The van der Waals surface area contributed by atoms with Gasteiger partial charge in [0.2, 0.25) is 0 Å². The molecule has 0 spiro atoms. The van der Waals surface area contributed by atoms with Crippen LogP contribution in [0.2, 0.25) is 0 Å². The van der Waals surface area contributed by atoms with Crippen LogP contribution in [0.1, 0.15) is 45.1 Å². The number of nitrogens with one attached hydrogen (secondary N) is 2. The molecule has 1 aliphatic rings. The summed E-state index contributed by atoms with van der Waals surface area (Å²) in [5, 5.41) is 5.41. The van der Waals surface area contributed by atoms with Gasteiger partial charge < -0.3 is 10.6 Å². The first kappa shape index (κ1) is 17.8. The SMILES string of the molecule is CC(C)S(=O)(=O)c1ccc(CCNC(=O)NC2CCCC2)cc1. The van der Waals surface area contributed by atoms with Crippen LogP contribution in [0.5, 0.6) is 0 Å². The average Bonchev–Trinajstić information content (AvgIpc) is 3.00. The Kier molecular flexibility index (Phi) is 6.04. The van der Waals surface area contributed by atoms with Crippen molar-refractivity contribution >= 4 is 15.9 Å². The summed E-state index contributed by atoms with van der Waals surface area (Å²) in [4.78, 5) is 12.1. The molecule has 0 heterocycles. The van der Waals surface area contributed by atoms with Crippen molar-refractivity contribution in [2.24, 2.45) is 0 Å². The van der Waals surface area contributed by atoms with Crippen molar-refractivity contribution in [1.82, 2.24) is 10.6 Å². The average molecular weight is 338 g/mol. The third-order valence-corrected chi connectivity index (χ3v) is 6.43. The van der Waals surface area contributed by atoms with Crippen LogP contribution in [0.25, 0.3) is 0 Å². The molecule has 128 valence electrons. The number of sulfone groups is 1. The fourth-order valence-electron chi connectivity index (χ4n) is 2.74. The Morgan fingerprint density at radius 2 is 1.78 bits per heavy atom. The van der Waals surface area contributed by atoms with Crippen molar-refractivity contribution in [2.45, 2.75) is 62.1 Å². The van der Waals surface area contributed by atoms with Gasteiger partial charge in [0.05, 0.1) is 10.1 Å². The maximum atomic E-state index is 12.0. The first-order valence-electron chi connectivity index (χ1n) is 8.27. The minimum absolute atomic E-state index is 0.115. The molecule has 1 aromatic rings. The zero-order chi connectivity index (χ0) is 16.9. The van der Waals surface area contributed by atoms with Gasteiger partial charge in [0.25, 0.3) is 0 Å². The van der Waals surface area contributed by atoms with E-state index in [2.05, 4.69) is 10.6 Å². The molecule has 0 radical (unpaired) electrons. The van der Waals surface area contributed by atoms with Crippen LogP contribution in [-0.2, 0) is 16.3 Å². The van der Waals surface area contributed by atoms with Gasteiger partial charge in [0, 0.05) is 12.6 Å². The lowest BCUT2D eigenvalue weighted by atomic mass is 10.1. The predicted molar refractivity (Wildman–Crippen MR) is 91.3 cm³/mol. The predicted octanol–water partition coefficient (Wildman–Crippen LogP) is 2.65. The van der Waals surface area contributed by atoms with E-state index >= 15 is 0 Å². The summed E-state index contributed by atoms with van der Waals surface area (Å²) in [5.41, 5.74) is 1.01. The Hall–Kier alpha value is -1.56. The van der Waals surface area contributed by atoms with E-state index in [0.717, 1.165) is 18.4 Å². The summed E-state index contributed by atoms with van der Waals surface area (Å²) in [5.74, 6) is 0. The topological polar surface area (TPSA) is 75.3 Å². The van der Waals surface area contributed by atoms with Gasteiger partial charge >= 0.3 is 6.03 Å². The van der Waals surface area contributed by atoms with Crippen LogP contribution < -0.4 is 10.6 Å². The van der Waals surface area contributed by atoms with Crippen LogP contribution in [-0.4, -0.2) is 32.3 Å². The highest BCUT2D eigenvalue weighted by atomic mass is 32.2. The maximum absolute atomic E-state index is 12.0. The molecular formula is C17H26N2O3S. The number of benzene rings is 1.